The van der Waals surface area contributed by atoms with Crippen LogP contribution in [0.25, 0.3) is 0 Å². The summed E-state index contributed by atoms with van der Waals surface area (Å²) in [4.78, 5) is 12.2. The number of carbonyl (C=O) groups excluding carboxylic acids is 1. The van der Waals surface area contributed by atoms with Crippen LogP contribution in [0.5, 0.6) is 5.75 Å². The highest BCUT2D eigenvalue weighted by molar-refractivity contribution is 6.04. The van der Waals surface area contributed by atoms with Crippen molar-refractivity contribution in [2.75, 3.05) is 5.32 Å². The average Bonchev–Trinajstić information content (AvgIpc) is 2.47. The van der Waals surface area contributed by atoms with Gasteiger partial charge in [0.1, 0.15) is 5.75 Å². The van der Waals surface area contributed by atoms with Crippen LogP contribution in [0, 0.1) is 11.3 Å². The Morgan fingerprint density at radius 3 is 2.52 bits per heavy atom. The zero-order valence-corrected chi connectivity index (χ0v) is 12.0. The normalized spacial score (nSPS) is 10.0. The van der Waals surface area contributed by atoms with E-state index >= 15 is 0 Å². The molecule has 0 radical (unpaired) electrons. The molecule has 0 aromatic heterocycles. The lowest BCUT2D eigenvalue weighted by molar-refractivity contribution is 0.102. The second-order valence-electron chi connectivity index (χ2n) is 4.84. The Balaban J connectivity index is 2.10. The lowest BCUT2D eigenvalue weighted by Crippen LogP contribution is -2.12. The minimum Gasteiger partial charge on any atom is -0.491 e. The van der Waals surface area contributed by atoms with E-state index in [9.17, 15) is 4.79 Å². The summed E-state index contributed by atoms with van der Waals surface area (Å²) in [5, 5.41) is 11.5. The highest BCUT2D eigenvalue weighted by Crippen LogP contribution is 2.17. The Morgan fingerprint density at radius 2 is 1.90 bits per heavy atom. The molecule has 2 rings (SSSR count). The molecule has 2 aromatic rings. The van der Waals surface area contributed by atoms with Crippen LogP contribution in [0.1, 0.15) is 29.8 Å². The summed E-state index contributed by atoms with van der Waals surface area (Å²) in [5.74, 6) is 0.450. The van der Waals surface area contributed by atoms with Crippen molar-refractivity contribution in [3.05, 3.63) is 59.7 Å². The van der Waals surface area contributed by atoms with Crippen molar-refractivity contribution in [1.82, 2.24) is 0 Å². The smallest absolute Gasteiger partial charge is 0.255 e. The summed E-state index contributed by atoms with van der Waals surface area (Å²) in [5.41, 5.74) is 1.73. The highest BCUT2D eigenvalue weighted by Gasteiger charge is 2.08. The lowest BCUT2D eigenvalue weighted by atomic mass is 10.2. The zero-order chi connectivity index (χ0) is 15.2. The number of hydrogen-bond acceptors (Lipinski definition) is 3. The third kappa shape index (κ3) is 4.08. The van der Waals surface area contributed by atoms with Crippen molar-refractivity contribution in [2.45, 2.75) is 20.0 Å². The molecule has 0 spiro atoms. The van der Waals surface area contributed by atoms with Crippen molar-refractivity contribution in [3.8, 4) is 11.8 Å². The summed E-state index contributed by atoms with van der Waals surface area (Å²) in [6.45, 7) is 3.87. The quantitative estimate of drug-likeness (QED) is 0.930. The number of nitrogens with one attached hydrogen (secondary N) is 1. The van der Waals surface area contributed by atoms with Gasteiger partial charge >= 0.3 is 0 Å². The molecule has 0 unspecified atom stereocenters. The lowest BCUT2D eigenvalue weighted by Gasteiger charge is -2.11. The van der Waals surface area contributed by atoms with E-state index in [2.05, 4.69) is 5.32 Å². The van der Waals surface area contributed by atoms with Gasteiger partial charge in [-0.15, -0.1) is 0 Å². The molecule has 0 atom stereocenters. The largest absolute Gasteiger partial charge is 0.491 e. The van der Waals surface area contributed by atoms with E-state index in [0.717, 1.165) is 0 Å². The van der Waals surface area contributed by atoms with Crippen molar-refractivity contribution in [3.63, 3.8) is 0 Å². The molecule has 21 heavy (non-hydrogen) atoms. The third-order valence-electron chi connectivity index (χ3n) is 2.74. The molecule has 0 aliphatic rings. The molecule has 0 fully saturated rings. The van der Waals surface area contributed by atoms with Gasteiger partial charge in [-0.05, 0) is 56.3 Å². The van der Waals surface area contributed by atoms with Gasteiger partial charge in [-0.25, -0.2) is 0 Å². The molecule has 0 bridgehead atoms. The van der Waals surface area contributed by atoms with Crippen LogP contribution in [-0.2, 0) is 0 Å². The maximum Gasteiger partial charge on any atom is 0.255 e. The maximum atomic E-state index is 12.2. The fourth-order valence-corrected chi connectivity index (χ4v) is 1.81. The topological polar surface area (TPSA) is 62.1 Å². The van der Waals surface area contributed by atoms with Crippen LogP contribution in [-0.4, -0.2) is 12.0 Å². The highest BCUT2D eigenvalue weighted by atomic mass is 16.5. The molecule has 0 saturated carbocycles. The minimum absolute atomic E-state index is 0.0573. The molecule has 106 valence electrons. The Hall–Kier alpha value is -2.80. The molecule has 1 amide bonds. The van der Waals surface area contributed by atoms with Gasteiger partial charge in [-0.3, -0.25) is 4.79 Å². The molecular formula is C17H16N2O2. The van der Waals surface area contributed by atoms with Gasteiger partial charge in [0.2, 0.25) is 0 Å². The van der Waals surface area contributed by atoms with Gasteiger partial charge < -0.3 is 10.1 Å². The molecule has 4 heteroatoms. The number of nitrogens with zero attached hydrogens (tertiary/aromatic N) is 1. The van der Waals surface area contributed by atoms with E-state index < -0.39 is 0 Å². The van der Waals surface area contributed by atoms with Gasteiger partial charge in [0, 0.05) is 11.3 Å². The number of carbonyl (C=O) groups is 1. The SMILES string of the molecule is CC(C)Oc1cccc(C(=O)Nc2ccc(C#N)cc2)c1. The predicted octanol–water partition coefficient (Wildman–Crippen LogP) is 3.60. The molecule has 0 aliphatic heterocycles. The van der Waals surface area contributed by atoms with E-state index in [1.165, 1.54) is 0 Å². The van der Waals surface area contributed by atoms with Crippen LogP contribution in [0.4, 0.5) is 5.69 Å². The number of hydrogen-bond donors (Lipinski definition) is 1. The molecular weight excluding hydrogens is 264 g/mol. The molecule has 0 heterocycles. The first kappa shape index (κ1) is 14.6. The van der Waals surface area contributed by atoms with Gasteiger partial charge in [-0.1, -0.05) is 6.07 Å². The Bertz CT molecular complexity index is 670. The average molecular weight is 280 g/mol. The van der Waals surface area contributed by atoms with Crippen molar-refractivity contribution in [1.29, 1.82) is 5.26 Å². The first-order chi connectivity index (χ1) is 10.1. The summed E-state index contributed by atoms with van der Waals surface area (Å²) < 4.78 is 5.57. The van der Waals surface area contributed by atoms with Crippen LogP contribution < -0.4 is 10.1 Å². The molecule has 2 aromatic carbocycles. The first-order valence-electron chi connectivity index (χ1n) is 6.66. The van der Waals surface area contributed by atoms with E-state index in [1.54, 1.807) is 42.5 Å². The van der Waals surface area contributed by atoms with Crippen molar-refractivity contribution in [2.24, 2.45) is 0 Å². The number of nitriles is 1. The monoisotopic (exact) mass is 280 g/mol. The predicted molar refractivity (Wildman–Crippen MR) is 81.3 cm³/mol. The summed E-state index contributed by atoms with van der Waals surface area (Å²) in [6, 6.07) is 15.8. The Morgan fingerprint density at radius 1 is 1.19 bits per heavy atom. The number of anilines is 1. The van der Waals surface area contributed by atoms with E-state index in [4.69, 9.17) is 10.00 Å². The number of rotatable bonds is 4. The van der Waals surface area contributed by atoms with Crippen molar-refractivity contribution < 1.29 is 9.53 Å². The second-order valence-corrected chi connectivity index (χ2v) is 4.84. The van der Waals surface area contributed by atoms with E-state index in [1.807, 2.05) is 26.0 Å². The van der Waals surface area contributed by atoms with Gasteiger partial charge in [-0.2, -0.15) is 5.26 Å². The fourth-order valence-electron chi connectivity index (χ4n) is 1.81. The third-order valence-corrected chi connectivity index (χ3v) is 2.74. The molecule has 4 nitrogen and oxygen atoms in total. The number of amides is 1. The second kappa shape index (κ2) is 6.58. The summed E-state index contributed by atoms with van der Waals surface area (Å²) >= 11 is 0. The van der Waals surface area contributed by atoms with Crippen LogP contribution in [0.2, 0.25) is 0 Å². The summed E-state index contributed by atoms with van der Waals surface area (Å²) in [7, 11) is 0. The Labute approximate surface area is 124 Å². The molecule has 0 aliphatic carbocycles. The van der Waals surface area contributed by atoms with Gasteiger partial charge in [0.15, 0.2) is 0 Å². The number of ether oxygens (including phenoxy) is 1. The summed E-state index contributed by atoms with van der Waals surface area (Å²) in [6.07, 6.45) is 0.0573. The minimum atomic E-state index is -0.214. The van der Waals surface area contributed by atoms with Crippen LogP contribution in [0.3, 0.4) is 0 Å². The molecule has 1 N–H and O–H groups in total. The zero-order valence-electron chi connectivity index (χ0n) is 12.0. The van der Waals surface area contributed by atoms with Crippen LogP contribution in [0.15, 0.2) is 48.5 Å². The molecule has 0 saturated heterocycles. The van der Waals surface area contributed by atoms with Gasteiger partial charge in [0.25, 0.3) is 5.91 Å². The fraction of sp³-hybridized carbons (Fsp3) is 0.176. The van der Waals surface area contributed by atoms with Gasteiger partial charge in [0.05, 0.1) is 17.7 Å². The first-order valence-corrected chi connectivity index (χ1v) is 6.66. The van der Waals surface area contributed by atoms with E-state index in [-0.39, 0.29) is 12.0 Å². The van der Waals surface area contributed by atoms with Crippen molar-refractivity contribution >= 4 is 11.6 Å². The maximum absolute atomic E-state index is 12.2. The van der Waals surface area contributed by atoms with E-state index in [0.29, 0.717) is 22.6 Å². The van der Waals surface area contributed by atoms with Crippen LogP contribution >= 0.6 is 0 Å². The Kier molecular flexibility index (Phi) is 4.57. The standard InChI is InChI=1S/C17H16N2O2/c1-12(2)21-16-5-3-4-14(10-16)17(20)19-15-8-6-13(11-18)7-9-15/h3-10,12H,1-2H3,(H,19,20). The number of benzene rings is 2.